The lowest BCUT2D eigenvalue weighted by molar-refractivity contribution is -0.131. The van der Waals surface area contributed by atoms with Gasteiger partial charge in [-0.05, 0) is 116 Å². The topological polar surface area (TPSA) is 151 Å². The van der Waals surface area contributed by atoms with Crippen LogP contribution in [-0.2, 0) is 52.3 Å². The third-order valence-electron chi connectivity index (χ3n) is 9.14. The van der Waals surface area contributed by atoms with E-state index in [9.17, 15) is 27.6 Å². The Morgan fingerprint density at radius 2 is 1.57 bits per heavy atom. The first kappa shape index (κ1) is 31.3. The van der Waals surface area contributed by atoms with Crippen LogP contribution in [0.5, 0.6) is 5.75 Å². The van der Waals surface area contributed by atoms with E-state index < -0.39 is 39.3 Å². The van der Waals surface area contributed by atoms with Gasteiger partial charge in [0.15, 0.2) is 0 Å². The number of methoxy groups -OCH3 is 1. The number of hydrogen-bond acceptors (Lipinski definition) is 7. The second kappa shape index (κ2) is 11.9. The Bertz CT molecular complexity index is 1850. The average Bonchev–Trinajstić information content (AvgIpc) is 3.70. The lowest BCUT2D eigenvalue weighted by atomic mass is 9.77. The first-order chi connectivity index (χ1) is 21.9. The fraction of sp³-hybridized carbons (Fsp3) is 0.353. The smallest absolute Gasteiger partial charge is 0.333 e. The molecule has 12 heteroatoms. The number of benzene rings is 3. The molecule has 6 amide bonds. The van der Waals surface area contributed by atoms with Crippen molar-refractivity contribution in [1.82, 2.24) is 14.9 Å². The highest BCUT2D eigenvalue weighted by atomic mass is 32.2. The zero-order valence-corrected chi connectivity index (χ0v) is 26.8. The number of nitrogens with zero attached hydrogens (tertiary/aromatic N) is 1. The Morgan fingerprint density at radius 3 is 2.20 bits per heavy atom. The molecule has 240 valence electrons. The maximum atomic E-state index is 13.2. The van der Waals surface area contributed by atoms with Crippen LogP contribution in [0.25, 0.3) is 0 Å². The van der Waals surface area contributed by atoms with Crippen molar-refractivity contribution >= 4 is 39.6 Å². The van der Waals surface area contributed by atoms with E-state index in [1.165, 1.54) is 36.4 Å². The molecule has 1 aliphatic heterocycles. The number of carbonyl (C=O) groups excluding carboxylic acids is 4. The number of ether oxygens (including phenoxy) is 1. The van der Waals surface area contributed by atoms with Crippen molar-refractivity contribution in [1.29, 1.82) is 0 Å². The van der Waals surface area contributed by atoms with Crippen LogP contribution in [0.1, 0.15) is 70.4 Å². The monoisotopic (exact) mass is 644 g/mol. The van der Waals surface area contributed by atoms with Gasteiger partial charge in [0.05, 0.1) is 17.4 Å². The molecule has 0 aromatic heterocycles. The van der Waals surface area contributed by atoms with Gasteiger partial charge < -0.3 is 15.4 Å². The lowest BCUT2D eigenvalue weighted by Gasteiger charge is -2.36. The van der Waals surface area contributed by atoms with Gasteiger partial charge in [-0.2, -0.15) is 4.90 Å². The highest BCUT2D eigenvalue weighted by Crippen LogP contribution is 2.39. The van der Waals surface area contributed by atoms with Gasteiger partial charge in [0.2, 0.25) is 5.91 Å². The van der Waals surface area contributed by atoms with E-state index in [4.69, 9.17) is 4.74 Å². The summed E-state index contributed by atoms with van der Waals surface area (Å²) >= 11 is 0. The molecule has 11 nitrogen and oxygen atoms in total. The number of rotatable bonds is 7. The Kier molecular flexibility index (Phi) is 8.09. The van der Waals surface area contributed by atoms with Crippen LogP contribution in [0.15, 0.2) is 53.4 Å². The van der Waals surface area contributed by atoms with Crippen LogP contribution in [0.3, 0.4) is 0 Å². The van der Waals surface area contributed by atoms with E-state index in [1.807, 2.05) is 0 Å². The van der Waals surface area contributed by atoms with Crippen LogP contribution >= 0.6 is 0 Å². The van der Waals surface area contributed by atoms with Gasteiger partial charge in [-0.3, -0.25) is 9.59 Å². The van der Waals surface area contributed by atoms with Crippen molar-refractivity contribution in [2.75, 3.05) is 19.0 Å². The van der Waals surface area contributed by atoms with Crippen molar-refractivity contribution in [3.05, 3.63) is 87.5 Å². The number of nitrogens with one attached hydrogen (secondary N) is 3. The van der Waals surface area contributed by atoms with Gasteiger partial charge in [-0.25, -0.2) is 22.7 Å². The molecule has 3 aliphatic rings. The van der Waals surface area contributed by atoms with Crippen LogP contribution in [0.4, 0.5) is 15.3 Å². The summed E-state index contributed by atoms with van der Waals surface area (Å²) in [5, 5.41) is 5.46. The minimum atomic E-state index is -4.15. The zero-order chi connectivity index (χ0) is 32.8. The maximum absolute atomic E-state index is 13.2. The minimum Gasteiger partial charge on any atom is -0.497 e. The molecule has 0 fully saturated rings. The molecular weight excluding hydrogens is 608 g/mol. The molecular formula is C34H36N4O7S. The van der Waals surface area contributed by atoms with E-state index in [0.29, 0.717) is 28.2 Å². The molecule has 0 atom stereocenters. The summed E-state index contributed by atoms with van der Waals surface area (Å²) in [6.45, 7) is 3.39. The van der Waals surface area contributed by atoms with Crippen molar-refractivity contribution in [3.63, 3.8) is 0 Å². The van der Waals surface area contributed by atoms with Crippen molar-refractivity contribution in [2.45, 2.75) is 69.1 Å². The van der Waals surface area contributed by atoms with Gasteiger partial charge in [0, 0.05) is 17.8 Å². The summed E-state index contributed by atoms with van der Waals surface area (Å²) in [6, 6.07) is 11.4. The number of imide groups is 3. The summed E-state index contributed by atoms with van der Waals surface area (Å²) in [5.74, 6) is -0.941. The SMILES string of the molecule is COc1ccc2c(c1)C(=O)N(C(=O)NCCc1ccc(S(=O)(=O)NC(=O)Nc3c4c(cc5c3CCC5)CCC4)cc1)C(=O)C2(C)C. The van der Waals surface area contributed by atoms with Gasteiger partial charge in [0.25, 0.3) is 15.9 Å². The van der Waals surface area contributed by atoms with E-state index >= 15 is 0 Å². The summed E-state index contributed by atoms with van der Waals surface area (Å²) in [4.78, 5) is 52.8. The molecule has 0 unspecified atom stereocenters. The summed E-state index contributed by atoms with van der Waals surface area (Å²) in [5.41, 5.74) is 5.75. The standard InChI is InChI=1S/C34H36N4O7S/c1-34(2)28-15-12-23(45-3)19-27(28)30(39)38(31(34)40)33(42)35-17-16-20-10-13-24(14-11-20)46(43,44)37-32(41)36-29-25-8-4-6-21(25)18-22-7-5-9-26(22)29/h10-15,18-19H,4-9,16-17H2,1-3H3,(H,35,42)(H2,36,37,41). The predicted molar refractivity (Wildman–Crippen MR) is 171 cm³/mol. The first-order valence-electron chi connectivity index (χ1n) is 15.3. The zero-order valence-electron chi connectivity index (χ0n) is 26.0. The molecule has 0 spiro atoms. The molecule has 6 rings (SSSR count). The molecule has 2 aliphatic carbocycles. The highest BCUT2D eigenvalue weighted by Gasteiger charge is 2.47. The lowest BCUT2D eigenvalue weighted by Crippen LogP contribution is -2.57. The largest absolute Gasteiger partial charge is 0.497 e. The quantitative estimate of drug-likeness (QED) is 0.323. The molecule has 1 heterocycles. The van der Waals surface area contributed by atoms with Gasteiger partial charge >= 0.3 is 12.1 Å². The van der Waals surface area contributed by atoms with E-state index in [-0.39, 0.29) is 17.0 Å². The number of hydrogen-bond donors (Lipinski definition) is 3. The highest BCUT2D eigenvalue weighted by molar-refractivity contribution is 7.90. The molecule has 3 aromatic carbocycles. The summed E-state index contributed by atoms with van der Waals surface area (Å²) in [7, 11) is -2.68. The molecule has 46 heavy (non-hydrogen) atoms. The first-order valence-corrected chi connectivity index (χ1v) is 16.8. The van der Waals surface area contributed by atoms with Crippen LogP contribution < -0.4 is 20.1 Å². The Labute approximate surface area is 267 Å². The molecule has 0 saturated heterocycles. The number of urea groups is 2. The molecule has 3 aromatic rings. The van der Waals surface area contributed by atoms with Crippen molar-refractivity contribution in [2.24, 2.45) is 0 Å². The van der Waals surface area contributed by atoms with Crippen molar-refractivity contribution in [3.8, 4) is 5.75 Å². The minimum absolute atomic E-state index is 0.0831. The van der Waals surface area contributed by atoms with Crippen LogP contribution in [0.2, 0.25) is 0 Å². The second-order valence-electron chi connectivity index (χ2n) is 12.4. The van der Waals surface area contributed by atoms with E-state index in [1.54, 1.807) is 38.1 Å². The second-order valence-corrected chi connectivity index (χ2v) is 14.1. The third-order valence-corrected chi connectivity index (χ3v) is 10.5. The molecule has 0 saturated carbocycles. The summed E-state index contributed by atoms with van der Waals surface area (Å²) < 4.78 is 33.4. The molecule has 3 N–H and O–H groups in total. The van der Waals surface area contributed by atoms with Crippen molar-refractivity contribution < 1.29 is 32.3 Å². The van der Waals surface area contributed by atoms with Crippen LogP contribution in [-0.4, -0.2) is 50.8 Å². The van der Waals surface area contributed by atoms with E-state index in [0.717, 1.165) is 55.3 Å². The number of sulfonamides is 1. The Hall–Kier alpha value is -4.71. The number of carbonyl (C=O) groups is 4. The predicted octanol–water partition coefficient (Wildman–Crippen LogP) is 4.40. The maximum Gasteiger partial charge on any atom is 0.333 e. The Balaban J connectivity index is 1.07. The van der Waals surface area contributed by atoms with Crippen LogP contribution in [0, 0.1) is 0 Å². The number of aryl methyl sites for hydroxylation is 2. The molecule has 0 bridgehead atoms. The van der Waals surface area contributed by atoms with E-state index in [2.05, 4.69) is 21.4 Å². The number of amides is 6. The average molecular weight is 645 g/mol. The summed E-state index contributed by atoms with van der Waals surface area (Å²) in [6.07, 6.45) is 5.97. The normalized spacial score (nSPS) is 16.4. The fourth-order valence-electron chi connectivity index (χ4n) is 6.68. The van der Waals surface area contributed by atoms with Gasteiger partial charge in [0.1, 0.15) is 5.75 Å². The molecule has 0 radical (unpaired) electrons. The number of fused-ring (bicyclic) bond motifs is 3. The number of anilines is 1. The third kappa shape index (κ3) is 5.61. The fourth-order valence-corrected chi connectivity index (χ4v) is 7.59. The Morgan fingerprint density at radius 1 is 0.913 bits per heavy atom. The van der Waals surface area contributed by atoms with Gasteiger partial charge in [-0.15, -0.1) is 0 Å². The van der Waals surface area contributed by atoms with Gasteiger partial charge in [-0.1, -0.05) is 24.3 Å².